The molecule has 1 heterocycles. The van der Waals surface area contributed by atoms with Gasteiger partial charge in [0.25, 0.3) is 0 Å². The summed E-state index contributed by atoms with van der Waals surface area (Å²) in [6.45, 7) is 1.74. The second kappa shape index (κ2) is 5.43. The molecular weight excluding hydrogens is 285 g/mol. The molecule has 2 rings (SSSR count). The minimum Gasteiger partial charge on any atom is -0.463 e. The lowest BCUT2D eigenvalue weighted by atomic mass is 10.2. The van der Waals surface area contributed by atoms with Crippen LogP contribution < -0.4 is 5.49 Å². The largest absolute Gasteiger partial charge is 0.463 e. The van der Waals surface area contributed by atoms with Crippen LogP contribution in [0.4, 0.5) is 18.0 Å². The zero-order valence-electron chi connectivity index (χ0n) is 10.9. The Labute approximate surface area is 117 Å². The summed E-state index contributed by atoms with van der Waals surface area (Å²) in [4.78, 5) is 14.1. The van der Waals surface area contributed by atoms with Crippen LogP contribution in [0.2, 0.25) is 0 Å². The van der Waals surface area contributed by atoms with Gasteiger partial charge in [0.2, 0.25) is 0 Å². The molecule has 0 unspecified atom stereocenters. The summed E-state index contributed by atoms with van der Waals surface area (Å²) >= 11 is 0. The van der Waals surface area contributed by atoms with Crippen molar-refractivity contribution in [1.82, 2.24) is 4.57 Å². The predicted molar refractivity (Wildman–Crippen MR) is 69.1 cm³/mol. The molecule has 0 aliphatic heterocycles. The van der Waals surface area contributed by atoms with Crippen LogP contribution in [0.1, 0.15) is 11.1 Å². The SMILES string of the molecule is Cc1ccc(=NC(=O)O)n(-c2cccc(C(F)(F)F)c2)c1. The lowest BCUT2D eigenvalue weighted by molar-refractivity contribution is -0.137. The van der Waals surface area contributed by atoms with Crippen molar-refractivity contribution in [2.75, 3.05) is 0 Å². The molecule has 1 amide bonds. The van der Waals surface area contributed by atoms with Crippen LogP contribution in [0, 0.1) is 6.92 Å². The molecule has 0 aliphatic carbocycles. The second-order valence-electron chi connectivity index (χ2n) is 4.38. The fraction of sp³-hybridized carbons (Fsp3) is 0.143. The third-order valence-corrected chi connectivity index (χ3v) is 2.74. The average Bonchev–Trinajstić information content (AvgIpc) is 2.39. The van der Waals surface area contributed by atoms with Crippen molar-refractivity contribution in [3.8, 4) is 5.69 Å². The van der Waals surface area contributed by atoms with Crippen molar-refractivity contribution in [3.63, 3.8) is 0 Å². The van der Waals surface area contributed by atoms with Crippen LogP contribution in [0.15, 0.2) is 47.6 Å². The molecule has 0 fully saturated rings. The van der Waals surface area contributed by atoms with Gasteiger partial charge in [-0.05, 0) is 36.8 Å². The minimum absolute atomic E-state index is 0.0347. The molecule has 0 saturated carbocycles. The minimum atomic E-state index is -4.47. The first-order valence-corrected chi connectivity index (χ1v) is 5.92. The van der Waals surface area contributed by atoms with Crippen LogP contribution in [-0.2, 0) is 6.18 Å². The lowest BCUT2D eigenvalue weighted by Gasteiger charge is -2.12. The van der Waals surface area contributed by atoms with E-state index in [1.807, 2.05) is 0 Å². The topological polar surface area (TPSA) is 54.6 Å². The zero-order chi connectivity index (χ0) is 15.6. The van der Waals surface area contributed by atoms with Crippen LogP contribution >= 0.6 is 0 Å². The average molecular weight is 296 g/mol. The Morgan fingerprint density at radius 2 is 1.95 bits per heavy atom. The zero-order valence-corrected chi connectivity index (χ0v) is 10.9. The Morgan fingerprint density at radius 3 is 2.57 bits per heavy atom. The summed E-state index contributed by atoms with van der Waals surface area (Å²) in [7, 11) is 0. The highest BCUT2D eigenvalue weighted by molar-refractivity contribution is 5.65. The molecule has 21 heavy (non-hydrogen) atoms. The Morgan fingerprint density at radius 1 is 1.24 bits per heavy atom. The highest BCUT2D eigenvalue weighted by Crippen LogP contribution is 2.30. The molecular formula is C14H11F3N2O2. The van der Waals surface area contributed by atoms with Crippen molar-refractivity contribution in [2.45, 2.75) is 13.1 Å². The molecule has 0 radical (unpaired) electrons. The first-order chi connectivity index (χ1) is 9.77. The van der Waals surface area contributed by atoms with Gasteiger partial charge in [-0.25, -0.2) is 4.79 Å². The highest BCUT2D eigenvalue weighted by Gasteiger charge is 2.30. The standard InChI is InChI=1S/C14H11F3N2O2/c1-9-5-6-12(18-13(20)21)19(8-9)11-4-2-3-10(7-11)14(15,16)17/h2-8H,1H3,(H,20,21). The third kappa shape index (κ3) is 3.50. The van der Waals surface area contributed by atoms with Gasteiger partial charge >= 0.3 is 12.3 Å². The second-order valence-corrected chi connectivity index (χ2v) is 4.38. The number of hydrogen-bond donors (Lipinski definition) is 1. The highest BCUT2D eigenvalue weighted by atomic mass is 19.4. The van der Waals surface area contributed by atoms with Crippen molar-refractivity contribution < 1.29 is 23.1 Å². The molecule has 0 aliphatic rings. The molecule has 110 valence electrons. The number of carbonyl (C=O) groups is 1. The summed E-state index contributed by atoms with van der Waals surface area (Å²) < 4.78 is 39.5. The maximum Gasteiger partial charge on any atom is 0.433 e. The Bertz CT molecular complexity index is 748. The van der Waals surface area contributed by atoms with E-state index in [4.69, 9.17) is 5.11 Å². The van der Waals surface area contributed by atoms with Gasteiger partial charge in [-0.15, -0.1) is 0 Å². The van der Waals surface area contributed by atoms with E-state index in [1.165, 1.54) is 29.0 Å². The number of nitrogens with zero attached hydrogens (tertiary/aromatic N) is 2. The monoisotopic (exact) mass is 296 g/mol. The Balaban J connectivity index is 2.67. The van der Waals surface area contributed by atoms with Crippen molar-refractivity contribution >= 4 is 6.09 Å². The number of hydrogen-bond acceptors (Lipinski definition) is 1. The summed E-state index contributed by atoms with van der Waals surface area (Å²) in [5.41, 5.74) is 0.174. The summed E-state index contributed by atoms with van der Waals surface area (Å²) in [6, 6.07) is 7.68. The van der Waals surface area contributed by atoms with Crippen LogP contribution in [-0.4, -0.2) is 15.8 Å². The van der Waals surface area contributed by atoms with Gasteiger partial charge in [0.05, 0.1) is 5.56 Å². The van der Waals surface area contributed by atoms with E-state index >= 15 is 0 Å². The van der Waals surface area contributed by atoms with Crippen LogP contribution in [0.25, 0.3) is 5.69 Å². The fourth-order valence-corrected chi connectivity index (χ4v) is 1.83. The molecule has 7 heteroatoms. The molecule has 0 bridgehead atoms. The van der Waals surface area contributed by atoms with Gasteiger partial charge in [-0.1, -0.05) is 12.1 Å². The quantitative estimate of drug-likeness (QED) is 0.877. The van der Waals surface area contributed by atoms with Gasteiger partial charge in [0.15, 0.2) is 0 Å². The van der Waals surface area contributed by atoms with E-state index in [2.05, 4.69) is 4.99 Å². The normalized spacial score (nSPS) is 12.5. The smallest absolute Gasteiger partial charge is 0.433 e. The van der Waals surface area contributed by atoms with Gasteiger partial charge < -0.3 is 9.67 Å². The predicted octanol–water partition coefficient (Wildman–Crippen LogP) is 3.38. The van der Waals surface area contributed by atoms with E-state index in [9.17, 15) is 18.0 Å². The van der Waals surface area contributed by atoms with Gasteiger partial charge in [0, 0.05) is 11.9 Å². The van der Waals surface area contributed by atoms with E-state index in [-0.39, 0.29) is 11.2 Å². The lowest BCUT2D eigenvalue weighted by Crippen LogP contribution is -2.20. The maximum atomic E-state index is 12.7. The number of aryl methyl sites for hydroxylation is 1. The molecule has 2 aromatic rings. The number of rotatable bonds is 1. The van der Waals surface area contributed by atoms with E-state index in [0.29, 0.717) is 0 Å². The first kappa shape index (κ1) is 14.8. The molecule has 4 nitrogen and oxygen atoms in total. The number of alkyl halides is 3. The molecule has 1 aromatic heterocycles. The maximum absolute atomic E-state index is 12.7. The van der Waals surface area contributed by atoms with Gasteiger partial charge in [-0.3, -0.25) is 0 Å². The first-order valence-electron chi connectivity index (χ1n) is 5.92. The summed E-state index contributed by atoms with van der Waals surface area (Å²) in [5, 5.41) is 8.73. The summed E-state index contributed by atoms with van der Waals surface area (Å²) in [6.07, 6.45) is -4.36. The van der Waals surface area contributed by atoms with Gasteiger partial charge in [-0.2, -0.15) is 18.2 Å². The number of pyridine rings is 1. The number of carboxylic acid groups (broad SMARTS) is 1. The van der Waals surface area contributed by atoms with E-state index in [0.717, 1.165) is 17.7 Å². The van der Waals surface area contributed by atoms with E-state index < -0.39 is 17.8 Å². The van der Waals surface area contributed by atoms with Crippen LogP contribution in [0.5, 0.6) is 0 Å². The number of halogens is 3. The molecule has 1 aromatic carbocycles. The third-order valence-electron chi connectivity index (χ3n) is 2.74. The molecule has 1 N–H and O–H groups in total. The number of benzene rings is 1. The molecule has 0 saturated heterocycles. The Kier molecular flexibility index (Phi) is 3.84. The van der Waals surface area contributed by atoms with Gasteiger partial charge in [0.1, 0.15) is 5.49 Å². The fourth-order valence-electron chi connectivity index (χ4n) is 1.83. The number of aromatic nitrogens is 1. The van der Waals surface area contributed by atoms with Crippen molar-refractivity contribution in [1.29, 1.82) is 0 Å². The van der Waals surface area contributed by atoms with E-state index in [1.54, 1.807) is 13.0 Å². The molecule has 0 atom stereocenters. The molecule has 0 spiro atoms. The van der Waals surface area contributed by atoms with Crippen LogP contribution in [0.3, 0.4) is 0 Å². The van der Waals surface area contributed by atoms with Crippen molar-refractivity contribution in [3.05, 3.63) is 59.2 Å². The number of amides is 1. The van der Waals surface area contributed by atoms with Crippen molar-refractivity contribution in [2.24, 2.45) is 4.99 Å². The Hall–Kier alpha value is -2.57. The summed E-state index contributed by atoms with van der Waals surface area (Å²) in [5.74, 6) is 0.